The van der Waals surface area contributed by atoms with E-state index in [1.54, 1.807) is 0 Å². The molecule has 1 saturated carbocycles. The summed E-state index contributed by atoms with van der Waals surface area (Å²) in [5.41, 5.74) is -0.666. The molecule has 1 aliphatic carbocycles. The first-order valence-corrected chi connectivity index (χ1v) is 8.64. The fourth-order valence-electron chi connectivity index (χ4n) is 2.87. The maximum absolute atomic E-state index is 11.9. The van der Waals surface area contributed by atoms with Gasteiger partial charge in [0.25, 0.3) is 0 Å². The Morgan fingerprint density at radius 3 is 2.68 bits per heavy atom. The Hall–Kier alpha value is -0.260. The van der Waals surface area contributed by atoms with E-state index in [1.807, 2.05) is 11.8 Å². The van der Waals surface area contributed by atoms with Crippen molar-refractivity contribution < 1.29 is 9.90 Å². The second-order valence-electron chi connectivity index (χ2n) is 5.85. The third-order valence-corrected chi connectivity index (χ3v) is 5.21. The van der Waals surface area contributed by atoms with Crippen molar-refractivity contribution in [2.45, 2.75) is 56.6 Å². The number of thioether (sulfide) groups is 1. The third kappa shape index (κ3) is 5.32. The largest absolute Gasteiger partial charge is 0.388 e. The van der Waals surface area contributed by atoms with Gasteiger partial charge < -0.3 is 15.7 Å². The van der Waals surface area contributed by atoms with E-state index < -0.39 is 5.60 Å². The Kier molecular flexibility index (Phi) is 5.98. The van der Waals surface area contributed by atoms with E-state index in [9.17, 15) is 9.90 Å². The van der Waals surface area contributed by atoms with Crippen molar-refractivity contribution in [1.29, 1.82) is 0 Å². The molecule has 1 heterocycles. The number of carbonyl (C=O) groups excluding carboxylic acids is 1. The van der Waals surface area contributed by atoms with Crippen LogP contribution in [0.1, 0.15) is 44.9 Å². The van der Waals surface area contributed by atoms with Gasteiger partial charge in [0.2, 0.25) is 5.91 Å². The average Bonchev–Trinajstić information content (AvgIpc) is 2.63. The first-order valence-electron chi connectivity index (χ1n) is 7.48. The van der Waals surface area contributed by atoms with Crippen molar-refractivity contribution in [3.8, 4) is 0 Å². The van der Waals surface area contributed by atoms with Gasteiger partial charge in [-0.3, -0.25) is 4.79 Å². The Balaban J connectivity index is 1.69. The zero-order valence-electron chi connectivity index (χ0n) is 11.6. The van der Waals surface area contributed by atoms with Crippen LogP contribution in [0.2, 0.25) is 0 Å². The van der Waals surface area contributed by atoms with Gasteiger partial charge in [0.1, 0.15) is 0 Å². The fraction of sp³-hybridized carbons (Fsp3) is 0.929. The van der Waals surface area contributed by atoms with E-state index in [2.05, 4.69) is 10.6 Å². The first kappa shape index (κ1) is 15.1. The SMILES string of the molecule is O=C(CC1CSCCN1)NCC1(O)CCCCCC1. The predicted molar refractivity (Wildman–Crippen MR) is 79.4 cm³/mol. The molecule has 4 nitrogen and oxygen atoms in total. The molecule has 1 atom stereocenters. The fourth-order valence-corrected chi connectivity index (χ4v) is 3.82. The molecule has 0 aromatic heterocycles. The summed E-state index contributed by atoms with van der Waals surface area (Å²) in [5.74, 6) is 2.22. The molecule has 0 radical (unpaired) electrons. The van der Waals surface area contributed by atoms with E-state index in [0.29, 0.717) is 19.0 Å². The van der Waals surface area contributed by atoms with Gasteiger partial charge in [-0.25, -0.2) is 0 Å². The van der Waals surface area contributed by atoms with Gasteiger partial charge in [-0.15, -0.1) is 0 Å². The van der Waals surface area contributed by atoms with Crippen LogP contribution in [0.4, 0.5) is 0 Å². The topological polar surface area (TPSA) is 61.4 Å². The van der Waals surface area contributed by atoms with Crippen LogP contribution < -0.4 is 10.6 Å². The molecule has 0 bridgehead atoms. The van der Waals surface area contributed by atoms with E-state index in [1.165, 1.54) is 12.8 Å². The van der Waals surface area contributed by atoms with Crippen LogP contribution in [0, 0.1) is 0 Å². The van der Waals surface area contributed by atoms with Crippen molar-refractivity contribution in [3.63, 3.8) is 0 Å². The molecule has 5 heteroatoms. The minimum absolute atomic E-state index is 0.0673. The molecule has 1 unspecified atom stereocenters. The second kappa shape index (κ2) is 7.50. The van der Waals surface area contributed by atoms with Gasteiger partial charge >= 0.3 is 0 Å². The highest BCUT2D eigenvalue weighted by atomic mass is 32.2. The van der Waals surface area contributed by atoms with Crippen molar-refractivity contribution in [1.82, 2.24) is 10.6 Å². The molecule has 1 aliphatic heterocycles. The molecule has 1 saturated heterocycles. The molecule has 2 aliphatic rings. The summed E-state index contributed by atoms with van der Waals surface area (Å²) in [6, 6.07) is 0.294. The van der Waals surface area contributed by atoms with Gasteiger partial charge in [-0.1, -0.05) is 25.7 Å². The van der Waals surface area contributed by atoms with Crippen LogP contribution in [-0.2, 0) is 4.79 Å². The molecule has 0 spiro atoms. The lowest BCUT2D eigenvalue weighted by Crippen LogP contribution is -2.46. The van der Waals surface area contributed by atoms with Crippen molar-refractivity contribution in [2.75, 3.05) is 24.6 Å². The van der Waals surface area contributed by atoms with E-state index in [-0.39, 0.29) is 5.91 Å². The minimum atomic E-state index is -0.666. The van der Waals surface area contributed by atoms with E-state index in [4.69, 9.17) is 0 Å². The summed E-state index contributed by atoms with van der Waals surface area (Å²) in [7, 11) is 0. The van der Waals surface area contributed by atoms with Crippen LogP contribution in [0.3, 0.4) is 0 Å². The quantitative estimate of drug-likeness (QED) is 0.681. The van der Waals surface area contributed by atoms with Gasteiger partial charge in [0, 0.05) is 37.1 Å². The lowest BCUT2D eigenvalue weighted by molar-refractivity contribution is -0.122. The highest BCUT2D eigenvalue weighted by Gasteiger charge is 2.28. The summed E-state index contributed by atoms with van der Waals surface area (Å²) in [6.45, 7) is 1.41. The monoisotopic (exact) mass is 286 g/mol. The second-order valence-corrected chi connectivity index (χ2v) is 7.00. The van der Waals surface area contributed by atoms with Gasteiger partial charge in [0.05, 0.1) is 5.60 Å². The Labute approximate surface area is 120 Å². The molecule has 110 valence electrons. The summed E-state index contributed by atoms with van der Waals surface area (Å²) < 4.78 is 0. The highest BCUT2D eigenvalue weighted by Crippen LogP contribution is 2.26. The minimum Gasteiger partial charge on any atom is -0.388 e. The number of amides is 1. The number of aliphatic hydroxyl groups is 1. The zero-order valence-corrected chi connectivity index (χ0v) is 12.4. The van der Waals surface area contributed by atoms with Crippen LogP contribution in [0.25, 0.3) is 0 Å². The van der Waals surface area contributed by atoms with Crippen LogP contribution >= 0.6 is 11.8 Å². The Morgan fingerprint density at radius 1 is 1.32 bits per heavy atom. The summed E-state index contributed by atoms with van der Waals surface area (Å²) in [6.07, 6.45) is 6.75. The van der Waals surface area contributed by atoms with Crippen molar-refractivity contribution >= 4 is 17.7 Å². The van der Waals surface area contributed by atoms with Crippen LogP contribution in [0.15, 0.2) is 0 Å². The summed E-state index contributed by atoms with van der Waals surface area (Å²) in [4.78, 5) is 11.9. The number of hydrogen-bond donors (Lipinski definition) is 3. The van der Waals surface area contributed by atoms with Crippen LogP contribution in [-0.4, -0.2) is 47.3 Å². The summed E-state index contributed by atoms with van der Waals surface area (Å²) in [5, 5.41) is 16.8. The maximum atomic E-state index is 11.9. The Morgan fingerprint density at radius 2 is 2.05 bits per heavy atom. The molecular formula is C14H26N2O2S. The maximum Gasteiger partial charge on any atom is 0.221 e. The standard InChI is InChI=1S/C14H26N2O2S/c17-13(9-12-10-19-8-7-15-12)16-11-14(18)5-3-1-2-4-6-14/h12,15,18H,1-11H2,(H,16,17). The number of hydrogen-bond acceptors (Lipinski definition) is 4. The lowest BCUT2D eigenvalue weighted by atomic mass is 9.94. The summed E-state index contributed by atoms with van der Waals surface area (Å²) >= 11 is 1.90. The predicted octanol–water partition coefficient (Wildman–Crippen LogP) is 1.28. The third-order valence-electron chi connectivity index (χ3n) is 4.08. The normalized spacial score (nSPS) is 27.5. The number of carbonyl (C=O) groups is 1. The highest BCUT2D eigenvalue weighted by molar-refractivity contribution is 7.99. The molecule has 0 aromatic carbocycles. The van der Waals surface area contributed by atoms with Gasteiger partial charge in [0.15, 0.2) is 0 Å². The molecule has 1 amide bonds. The van der Waals surface area contributed by atoms with Gasteiger partial charge in [-0.05, 0) is 12.8 Å². The molecule has 2 fully saturated rings. The Bertz CT molecular complexity index is 285. The number of nitrogens with one attached hydrogen (secondary N) is 2. The zero-order chi connectivity index (χ0) is 13.6. The first-order chi connectivity index (χ1) is 9.18. The number of rotatable bonds is 4. The lowest BCUT2D eigenvalue weighted by Gasteiger charge is -2.28. The van der Waals surface area contributed by atoms with Crippen LogP contribution in [0.5, 0.6) is 0 Å². The molecular weight excluding hydrogens is 260 g/mol. The molecule has 19 heavy (non-hydrogen) atoms. The van der Waals surface area contributed by atoms with E-state index in [0.717, 1.165) is 43.7 Å². The average molecular weight is 286 g/mol. The molecule has 2 rings (SSSR count). The van der Waals surface area contributed by atoms with Gasteiger partial charge in [-0.2, -0.15) is 11.8 Å². The van der Waals surface area contributed by atoms with E-state index >= 15 is 0 Å². The molecule has 3 N–H and O–H groups in total. The van der Waals surface area contributed by atoms with Crippen molar-refractivity contribution in [2.24, 2.45) is 0 Å². The molecule has 0 aromatic rings. The van der Waals surface area contributed by atoms with Crippen molar-refractivity contribution in [3.05, 3.63) is 0 Å². The smallest absolute Gasteiger partial charge is 0.221 e.